The van der Waals surface area contributed by atoms with Crippen molar-refractivity contribution in [2.45, 2.75) is 59.3 Å². The van der Waals surface area contributed by atoms with E-state index in [0.717, 1.165) is 11.8 Å². The van der Waals surface area contributed by atoms with Crippen LogP contribution < -0.4 is 0 Å². The van der Waals surface area contributed by atoms with Gasteiger partial charge in [-0.3, -0.25) is 0 Å². The monoisotopic (exact) mass is 230 g/mol. The van der Waals surface area contributed by atoms with E-state index < -0.39 is 0 Å². The van der Waals surface area contributed by atoms with Crippen LogP contribution >= 0.6 is 0 Å². The molecule has 0 nitrogen and oxygen atoms in total. The molecule has 0 heterocycles. The Kier molecular flexibility index (Phi) is 3.34. The molecule has 1 aliphatic carbocycles. The van der Waals surface area contributed by atoms with Crippen LogP contribution in [0.25, 0.3) is 0 Å². The maximum absolute atomic E-state index is 2.43. The van der Waals surface area contributed by atoms with Crippen LogP contribution in [-0.4, -0.2) is 0 Å². The van der Waals surface area contributed by atoms with E-state index in [9.17, 15) is 0 Å². The van der Waals surface area contributed by atoms with E-state index in [1.807, 2.05) is 0 Å². The smallest absolute Gasteiger partial charge is 0.00101 e. The van der Waals surface area contributed by atoms with Crippen LogP contribution in [0.5, 0.6) is 0 Å². The normalized spacial score (nSPS) is 31.6. The Labute approximate surface area is 106 Å². The van der Waals surface area contributed by atoms with Crippen molar-refractivity contribution in [1.29, 1.82) is 0 Å². The molecular formula is C17H26. The van der Waals surface area contributed by atoms with Crippen LogP contribution in [0.1, 0.15) is 56.7 Å². The van der Waals surface area contributed by atoms with Crippen molar-refractivity contribution in [3.63, 3.8) is 0 Å². The fourth-order valence-corrected chi connectivity index (χ4v) is 3.70. The highest BCUT2D eigenvalue weighted by molar-refractivity contribution is 5.40. The van der Waals surface area contributed by atoms with Crippen molar-refractivity contribution in [2.24, 2.45) is 11.8 Å². The number of hydrogen-bond donors (Lipinski definition) is 0. The van der Waals surface area contributed by atoms with Gasteiger partial charge in [-0.1, -0.05) is 62.9 Å². The molecule has 0 heteroatoms. The van der Waals surface area contributed by atoms with E-state index in [4.69, 9.17) is 0 Å². The first-order valence-corrected chi connectivity index (χ1v) is 7.11. The highest BCUT2D eigenvalue weighted by Gasteiger charge is 2.58. The summed E-state index contributed by atoms with van der Waals surface area (Å²) in [5.74, 6) is 1.71. The van der Waals surface area contributed by atoms with E-state index in [0.29, 0.717) is 5.41 Å². The zero-order valence-corrected chi connectivity index (χ0v) is 12.0. The molecule has 0 radical (unpaired) electrons. The minimum atomic E-state index is 0.493. The van der Waals surface area contributed by atoms with Gasteiger partial charge in [-0.15, -0.1) is 0 Å². The lowest BCUT2D eigenvalue weighted by Gasteiger charge is -2.19. The lowest BCUT2D eigenvalue weighted by molar-refractivity contribution is 0.520. The Bertz CT molecular complexity index is 374. The third-order valence-electron chi connectivity index (χ3n) is 4.97. The van der Waals surface area contributed by atoms with Crippen LogP contribution in [0, 0.1) is 25.7 Å². The first-order valence-electron chi connectivity index (χ1n) is 7.11. The largest absolute Gasteiger partial charge is 0.0654 e. The van der Waals surface area contributed by atoms with Gasteiger partial charge in [-0.05, 0) is 37.7 Å². The molecule has 1 aromatic carbocycles. The third kappa shape index (κ3) is 2.03. The average molecular weight is 230 g/mol. The lowest BCUT2D eigenvalue weighted by atomic mass is 9.85. The van der Waals surface area contributed by atoms with Crippen molar-refractivity contribution in [2.75, 3.05) is 0 Å². The van der Waals surface area contributed by atoms with Crippen molar-refractivity contribution in [3.8, 4) is 0 Å². The van der Waals surface area contributed by atoms with Crippen molar-refractivity contribution < 1.29 is 0 Å². The maximum Gasteiger partial charge on any atom is 0.00101 e. The minimum Gasteiger partial charge on any atom is -0.0654 e. The van der Waals surface area contributed by atoms with Crippen molar-refractivity contribution in [3.05, 3.63) is 34.9 Å². The topological polar surface area (TPSA) is 0 Å². The predicted octanol–water partition coefficient (Wildman–Crippen LogP) is 5.02. The molecule has 2 atom stereocenters. The molecule has 0 saturated heterocycles. The number of benzene rings is 1. The molecular weight excluding hydrogens is 204 g/mol. The van der Waals surface area contributed by atoms with Gasteiger partial charge in [-0.2, -0.15) is 0 Å². The Balaban J connectivity index is 2.34. The first kappa shape index (κ1) is 12.7. The summed E-state index contributed by atoms with van der Waals surface area (Å²) in [6, 6.07) is 7.13. The van der Waals surface area contributed by atoms with Crippen molar-refractivity contribution >= 4 is 0 Å². The Hall–Kier alpha value is -0.780. The third-order valence-corrected chi connectivity index (χ3v) is 4.97. The van der Waals surface area contributed by atoms with Gasteiger partial charge in [0.25, 0.3) is 0 Å². The molecule has 0 N–H and O–H groups in total. The van der Waals surface area contributed by atoms with Crippen LogP contribution in [0.15, 0.2) is 18.2 Å². The van der Waals surface area contributed by atoms with E-state index in [1.165, 1.54) is 30.4 Å². The fraction of sp³-hybridized carbons (Fsp3) is 0.647. The van der Waals surface area contributed by atoms with E-state index >= 15 is 0 Å². The second-order valence-electron chi connectivity index (χ2n) is 6.10. The first-order chi connectivity index (χ1) is 8.02. The summed E-state index contributed by atoms with van der Waals surface area (Å²) < 4.78 is 0. The van der Waals surface area contributed by atoms with Crippen LogP contribution in [-0.2, 0) is 5.41 Å². The number of unbranched alkanes of at least 4 members (excludes halogenated alkanes) is 1. The van der Waals surface area contributed by atoms with Crippen LogP contribution in [0.3, 0.4) is 0 Å². The fourth-order valence-electron chi connectivity index (χ4n) is 3.70. The summed E-state index contributed by atoms with van der Waals surface area (Å²) in [5.41, 5.74) is 4.93. The van der Waals surface area contributed by atoms with Gasteiger partial charge >= 0.3 is 0 Å². The minimum absolute atomic E-state index is 0.493. The molecule has 94 valence electrons. The number of aryl methyl sites for hydroxylation is 2. The van der Waals surface area contributed by atoms with Gasteiger partial charge < -0.3 is 0 Å². The molecule has 0 aliphatic heterocycles. The van der Waals surface area contributed by atoms with Gasteiger partial charge in [0.1, 0.15) is 0 Å². The quantitative estimate of drug-likeness (QED) is 0.681. The maximum atomic E-state index is 2.43. The molecule has 0 spiro atoms. The number of rotatable bonds is 4. The molecule has 0 aromatic heterocycles. The molecule has 2 rings (SSSR count). The molecule has 1 aliphatic rings. The SMILES string of the molecule is CCCCC1(c2cc(C)cc(C)c2)C(C)C1C. The van der Waals surface area contributed by atoms with E-state index in [2.05, 4.69) is 52.8 Å². The average Bonchev–Trinajstić information content (AvgIpc) is 2.79. The molecule has 1 saturated carbocycles. The Morgan fingerprint density at radius 3 is 1.94 bits per heavy atom. The lowest BCUT2D eigenvalue weighted by Crippen LogP contribution is -2.12. The number of hydrogen-bond acceptors (Lipinski definition) is 0. The summed E-state index contributed by atoms with van der Waals surface area (Å²) in [4.78, 5) is 0. The van der Waals surface area contributed by atoms with Crippen molar-refractivity contribution in [1.82, 2.24) is 0 Å². The molecule has 17 heavy (non-hydrogen) atoms. The molecule has 2 unspecified atom stereocenters. The van der Waals surface area contributed by atoms with Gasteiger partial charge in [-0.25, -0.2) is 0 Å². The van der Waals surface area contributed by atoms with Gasteiger partial charge in [0.05, 0.1) is 0 Å². The Morgan fingerprint density at radius 1 is 1.00 bits per heavy atom. The predicted molar refractivity (Wildman–Crippen MR) is 75.4 cm³/mol. The second kappa shape index (κ2) is 4.48. The summed E-state index contributed by atoms with van der Waals surface area (Å²) in [5, 5.41) is 0. The van der Waals surface area contributed by atoms with E-state index in [-0.39, 0.29) is 0 Å². The van der Waals surface area contributed by atoms with Gasteiger partial charge in [0, 0.05) is 5.41 Å². The highest BCUT2D eigenvalue weighted by atomic mass is 14.6. The van der Waals surface area contributed by atoms with Gasteiger partial charge in [0.2, 0.25) is 0 Å². The Morgan fingerprint density at radius 2 is 1.53 bits per heavy atom. The molecule has 0 bridgehead atoms. The summed E-state index contributed by atoms with van der Waals surface area (Å²) in [6.45, 7) is 11.6. The van der Waals surface area contributed by atoms with Gasteiger partial charge in [0.15, 0.2) is 0 Å². The summed E-state index contributed by atoms with van der Waals surface area (Å²) in [7, 11) is 0. The second-order valence-corrected chi connectivity index (χ2v) is 6.10. The van der Waals surface area contributed by atoms with E-state index in [1.54, 1.807) is 5.56 Å². The highest BCUT2D eigenvalue weighted by Crippen LogP contribution is 2.62. The zero-order valence-electron chi connectivity index (χ0n) is 12.0. The zero-order chi connectivity index (χ0) is 12.6. The van der Waals surface area contributed by atoms with Crippen LogP contribution in [0.2, 0.25) is 0 Å². The summed E-state index contributed by atoms with van der Waals surface area (Å²) in [6.07, 6.45) is 4.04. The summed E-state index contributed by atoms with van der Waals surface area (Å²) >= 11 is 0. The molecule has 0 amide bonds. The standard InChI is InChI=1S/C17H26/c1-6-7-8-17(14(4)15(17)5)16-10-12(2)9-13(3)11-16/h9-11,14-15H,6-8H2,1-5H3. The molecule has 1 fully saturated rings. The van der Waals surface area contributed by atoms with Crippen LogP contribution in [0.4, 0.5) is 0 Å². The molecule has 1 aromatic rings.